The minimum absolute atomic E-state index is 0.0103. The molecule has 37 heavy (non-hydrogen) atoms. The monoisotopic (exact) mass is 515 g/mol. The number of nitrogens with two attached hydrogens (primary N) is 1. The van der Waals surface area contributed by atoms with Crippen LogP contribution < -0.4 is 21.7 Å². The lowest BCUT2D eigenvalue weighted by Gasteiger charge is -2.42. The van der Waals surface area contributed by atoms with E-state index < -0.39 is 47.2 Å². The van der Waals surface area contributed by atoms with Crippen molar-refractivity contribution in [1.29, 1.82) is 0 Å². The van der Waals surface area contributed by atoms with E-state index in [4.69, 9.17) is 12.2 Å². The fourth-order valence-electron chi connectivity index (χ4n) is 5.45. The summed E-state index contributed by atoms with van der Waals surface area (Å²) in [5.74, 6) is -0.378. The highest BCUT2D eigenvalue weighted by Crippen LogP contribution is 2.41. The van der Waals surface area contributed by atoms with Crippen molar-refractivity contribution in [2.75, 3.05) is 13.1 Å². The van der Waals surface area contributed by atoms with Gasteiger partial charge >= 0.3 is 6.03 Å². The molecule has 0 spiro atoms. The van der Waals surface area contributed by atoms with Crippen molar-refractivity contribution in [3.05, 3.63) is 12.7 Å². The molecule has 10 nitrogen and oxygen atoms in total. The average molecular weight is 516 g/mol. The number of primary amides is 1. The molecule has 1 aliphatic heterocycles. The molecule has 1 saturated heterocycles. The number of amides is 5. The van der Waals surface area contributed by atoms with Gasteiger partial charge in [-0.25, -0.2) is 4.79 Å². The molecule has 1 unspecified atom stereocenters. The number of hydrogen-bond donors (Lipinski definition) is 4. The first-order chi connectivity index (χ1) is 17.5. The minimum Gasteiger partial charge on any atom is -0.352 e. The van der Waals surface area contributed by atoms with E-state index in [1.807, 2.05) is 20.8 Å². The van der Waals surface area contributed by atoms with E-state index >= 15 is 0 Å². The van der Waals surface area contributed by atoms with Gasteiger partial charge in [0, 0.05) is 19.5 Å². The van der Waals surface area contributed by atoms with E-state index in [-0.39, 0.29) is 37.1 Å². The van der Waals surface area contributed by atoms with Crippen LogP contribution in [0.1, 0.15) is 65.7 Å². The van der Waals surface area contributed by atoms with Crippen molar-refractivity contribution in [1.82, 2.24) is 20.9 Å². The van der Waals surface area contributed by atoms with Gasteiger partial charge in [0.25, 0.3) is 5.91 Å². The molecule has 10 heteroatoms. The molecular weight excluding hydrogens is 474 g/mol. The van der Waals surface area contributed by atoms with Crippen LogP contribution in [0.25, 0.3) is 0 Å². The standard InChI is InChI=1S/C27H41N5O5/c1-6-8-12-19(21(33)24(35)29-15-7-2)30-23(34)20-18(4)17(3)16-32(20)25(36)22(31-26(28)37)27(5)13-10-9-11-14-27/h1,7,17-20,22H,2,8-16H2,3-5H3,(H,29,35)(H,30,34)(H3,28,31,37)/t17-,18-,19?,20-,22+/m0/s1. The molecule has 0 aromatic rings. The molecule has 0 bridgehead atoms. The van der Waals surface area contributed by atoms with Crippen molar-refractivity contribution in [3.8, 4) is 12.3 Å². The number of Topliss-reactive ketones (excluding diaryl/α,β-unsaturated/α-hetero) is 1. The maximum Gasteiger partial charge on any atom is 0.312 e. The zero-order valence-electron chi connectivity index (χ0n) is 22.2. The third kappa shape index (κ3) is 7.34. The van der Waals surface area contributed by atoms with E-state index in [2.05, 4.69) is 28.4 Å². The Morgan fingerprint density at radius 1 is 1.16 bits per heavy atom. The molecule has 0 aromatic carbocycles. The maximum atomic E-state index is 13.9. The van der Waals surface area contributed by atoms with Crippen LogP contribution in [0.15, 0.2) is 12.7 Å². The normalized spacial score (nSPS) is 24.2. The van der Waals surface area contributed by atoms with Gasteiger partial charge in [0.1, 0.15) is 12.1 Å². The molecule has 0 aromatic heterocycles. The zero-order valence-corrected chi connectivity index (χ0v) is 22.2. The molecular formula is C27H41N5O5. The first kappa shape index (κ1) is 29.9. The van der Waals surface area contributed by atoms with Crippen LogP contribution >= 0.6 is 0 Å². The zero-order chi connectivity index (χ0) is 27.8. The van der Waals surface area contributed by atoms with E-state index in [1.165, 1.54) is 11.0 Å². The highest BCUT2D eigenvalue weighted by molar-refractivity contribution is 6.38. The lowest BCUT2D eigenvalue weighted by atomic mass is 9.70. The lowest BCUT2D eigenvalue weighted by Crippen LogP contribution is -2.61. The number of terminal acetylenes is 1. The predicted molar refractivity (Wildman–Crippen MR) is 140 cm³/mol. The molecule has 1 heterocycles. The van der Waals surface area contributed by atoms with Gasteiger partial charge in [0.2, 0.25) is 17.6 Å². The second kappa shape index (κ2) is 13.3. The summed E-state index contributed by atoms with van der Waals surface area (Å²) in [6.45, 7) is 9.71. The van der Waals surface area contributed by atoms with Crippen LogP contribution in [0, 0.1) is 29.6 Å². The quantitative estimate of drug-likeness (QED) is 0.185. The van der Waals surface area contributed by atoms with E-state index in [0.717, 1.165) is 32.1 Å². The molecule has 1 aliphatic carbocycles. The molecule has 0 radical (unpaired) electrons. The smallest absolute Gasteiger partial charge is 0.312 e. The molecule has 5 amide bonds. The van der Waals surface area contributed by atoms with Crippen molar-refractivity contribution in [3.63, 3.8) is 0 Å². The summed E-state index contributed by atoms with van der Waals surface area (Å²) in [4.78, 5) is 65.9. The second-order valence-electron chi connectivity index (χ2n) is 10.6. The van der Waals surface area contributed by atoms with Crippen LogP contribution in [0.3, 0.4) is 0 Å². The van der Waals surface area contributed by atoms with Crippen molar-refractivity contribution in [2.24, 2.45) is 23.0 Å². The van der Waals surface area contributed by atoms with Gasteiger partial charge in [-0.05, 0) is 36.5 Å². The first-order valence-corrected chi connectivity index (χ1v) is 13.0. The van der Waals surface area contributed by atoms with Gasteiger partial charge < -0.3 is 26.6 Å². The van der Waals surface area contributed by atoms with Crippen LogP contribution in [0.2, 0.25) is 0 Å². The topological polar surface area (TPSA) is 151 Å². The highest BCUT2D eigenvalue weighted by Gasteiger charge is 2.50. The van der Waals surface area contributed by atoms with Gasteiger partial charge in [-0.1, -0.05) is 46.1 Å². The molecule has 1 saturated carbocycles. The summed E-state index contributed by atoms with van der Waals surface area (Å²) >= 11 is 0. The van der Waals surface area contributed by atoms with Crippen LogP contribution in [0.5, 0.6) is 0 Å². The Bertz CT molecular complexity index is 936. The maximum absolute atomic E-state index is 13.9. The molecule has 204 valence electrons. The largest absolute Gasteiger partial charge is 0.352 e. The number of ketones is 1. The number of rotatable bonds is 11. The third-order valence-electron chi connectivity index (χ3n) is 7.84. The SMILES string of the molecule is C#CCCC(NC(=O)[C@@H]1[C@@H](C)[C@@H](C)CN1C(=O)[C@@H](NC(N)=O)C1(C)CCCCC1)C(=O)C(=O)NCC=C. The Kier molecular flexibility index (Phi) is 10.7. The number of urea groups is 1. The number of carbonyl (C=O) groups is 5. The van der Waals surface area contributed by atoms with Gasteiger partial charge in [0.15, 0.2) is 0 Å². The van der Waals surface area contributed by atoms with Gasteiger partial charge in [-0.2, -0.15) is 0 Å². The first-order valence-electron chi connectivity index (χ1n) is 13.0. The number of carbonyl (C=O) groups excluding carboxylic acids is 5. The van der Waals surface area contributed by atoms with Crippen molar-refractivity contribution < 1.29 is 24.0 Å². The van der Waals surface area contributed by atoms with E-state index in [1.54, 1.807) is 0 Å². The number of hydrogen-bond acceptors (Lipinski definition) is 5. The summed E-state index contributed by atoms with van der Waals surface area (Å²) in [7, 11) is 0. The van der Waals surface area contributed by atoms with Gasteiger partial charge in [0.05, 0.1) is 6.04 Å². The fraction of sp³-hybridized carbons (Fsp3) is 0.667. The van der Waals surface area contributed by atoms with Crippen LogP contribution in [-0.4, -0.2) is 65.7 Å². The van der Waals surface area contributed by atoms with E-state index in [0.29, 0.717) is 6.54 Å². The number of nitrogens with zero attached hydrogens (tertiary/aromatic N) is 1. The number of nitrogens with one attached hydrogen (secondary N) is 3. The summed E-state index contributed by atoms with van der Waals surface area (Å²) in [5, 5.41) is 7.76. The highest BCUT2D eigenvalue weighted by atomic mass is 16.2. The van der Waals surface area contributed by atoms with Crippen molar-refractivity contribution in [2.45, 2.75) is 83.8 Å². The average Bonchev–Trinajstić information content (AvgIpc) is 3.16. The number of likely N-dealkylation sites (tertiary alicyclic amines) is 1. The Morgan fingerprint density at radius 3 is 2.38 bits per heavy atom. The summed E-state index contributed by atoms with van der Waals surface area (Å²) in [5.41, 5.74) is 4.96. The molecule has 2 aliphatic rings. The summed E-state index contributed by atoms with van der Waals surface area (Å²) < 4.78 is 0. The molecule has 5 atom stereocenters. The Hall–Kier alpha value is -3.35. The predicted octanol–water partition coefficient (Wildman–Crippen LogP) is 1.25. The third-order valence-corrected chi connectivity index (χ3v) is 7.84. The van der Waals surface area contributed by atoms with Gasteiger partial charge in [-0.15, -0.1) is 18.9 Å². The van der Waals surface area contributed by atoms with Crippen LogP contribution in [-0.2, 0) is 19.2 Å². The second-order valence-corrected chi connectivity index (χ2v) is 10.6. The minimum atomic E-state index is -1.14. The van der Waals surface area contributed by atoms with Gasteiger partial charge in [-0.3, -0.25) is 19.2 Å². The van der Waals surface area contributed by atoms with Crippen LogP contribution in [0.4, 0.5) is 4.79 Å². The summed E-state index contributed by atoms with van der Waals surface area (Å²) in [6, 6.07) is -3.69. The summed E-state index contributed by atoms with van der Waals surface area (Å²) in [6.07, 6.45) is 11.5. The molecule has 2 fully saturated rings. The Labute approximate surface area is 219 Å². The Balaban J connectivity index is 2.31. The fourth-order valence-corrected chi connectivity index (χ4v) is 5.45. The van der Waals surface area contributed by atoms with Crippen molar-refractivity contribution >= 4 is 29.5 Å². The molecule has 2 rings (SSSR count). The Morgan fingerprint density at radius 2 is 1.81 bits per heavy atom. The molecule has 5 N–H and O–H groups in total. The lowest BCUT2D eigenvalue weighted by molar-refractivity contribution is -0.145. The van der Waals surface area contributed by atoms with E-state index in [9.17, 15) is 24.0 Å².